The van der Waals surface area contributed by atoms with Gasteiger partial charge in [0.05, 0.1) is 27.4 Å². The molecular formula is C27H33N3O4S. The number of hydrogen-bond acceptors (Lipinski definition) is 7. The van der Waals surface area contributed by atoms with E-state index in [0.717, 1.165) is 26.2 Å². The molecule has 3 aromatic rings. The lowest BCUT2D eigenvalue weighted by Gasteiger charge is -2.42. The van der Waals surface area contributed by atoms with E-state index in [1.165, 1.54) is 10.6 Å². The van der Waals surface area contributed by atoms with Crippen LogP contribution in [0.15, 0.2) is 60.0 Å². The normalized spacial score (nSPS) is 15.8. The fraction of sp³-hybridized carbons (Fsp3) is 0.370. The van der Waals surface area contributed by atoms with Crippen LogP contribution in [0, 0.1) is 0 Å². The lowest BCUT2D eigenvalue weighted by atomic mass is 10.0. The molecule has 0 spiro atoms. The fourth-order valence-corrected chi connectivity index (χ4v) is 5.64. The van der Waals surface area contributed by atoms with E-state index in [4.69, 9.17) is 14.2 Å². The number of amides is 1. The first-order valence-electron chi connectivity index (χ1n) is 11.7. The number of rotatable bonds is 9. The number of methoxy groups -OCH3 is 3. The van der Waals surface area contributed by atoms with Crippen molar-refractivity contribution in [3.05, 3.63) is 70.4 Å². The molecule has 4 rings (SSSR count). The van der Waals surface area contributed by atoms with Crippen molar-refractivity contribution in [2.24, 2.45) is 0 Å². The summed E-state index contributed by atoms with van der Waals surface area (Å²) in [5.74, 6) is 1.20. The van der Waals surface area contributed by atoms with E-state index in [-0.39, 0.29) is 18.0 Å². The molecule has 1 aliphatic rings. The van der Waals surface area contributed by atoms with Crippen LogP contribution in [0.1, 0.15) is 28.2 Å². The molecule has 1 N–H and O–H groups in total. The molecule has 1 amide bonds. The van der Waals surface area contributed by atoms with E-state index >= 15 is 0 Å². The first-order valence-corrected chi connectivity index (χ1v) is 12.6. The van der Waals surface area contributed by atoms with Gasteiger partial charge >= 0.3 is 0 Å². The molecule has 1 aromatic heterocycles. The Morgan fingerprint density at radius 1 is 0.914 bits per heavy atom. The van der Waals surface area contributed by atoms with Crippen LogP contribution in [0.2, 0.25) is 0 Å². The van der Waals surface area contributed by atoms with Crippen molar-refractivity contribution in [3.63, 3.8) is 0 Å². The van der Waals surface area contributed by atoms with Gasteiger partial charge < -0.3 is 24.4 Å². The number of carbonyl (C=O) groups excluding carboxylic acids is 1. The molecular weight excluding hydrogens is 462 g/mol. The van der Waals surface area contributed by atoms with Gasteiger partial charge in [-0.3, -0.25) is 9.69 Å². The largest absolute Gasteiger partial charge is 0.493 e. The summed E-state index contributed by atoms with van der Waals surface area (Å²) in [5, 5.41) is 5.32. The van der Waals surface area contributed by atoms with Gasteiger partial charge in [-0.1, -0.05) is 24.3 Å². The number of anilines is 1. The minimum atomic E-state index is -0.179. The van der Waals surface area contributed by atoms with Gasteiger partial charge in [-0.05, 0) is 42.6 Å². The second kappa shape index (κ2) is 11.5. The lowest BCUT2D eigenvalue weighted by Crippen LogP contribution is -2.52. The number of nitrogens with zero attached hydrogens (tertiary/aromatic N) is 2. The summed E-state index contributed by atoms with van der Waals surface area (Å²) in [5.41, 5.74) is 1.72. The molecule has 2 unspecified atom stereocenters. The highest BCUT2D eigenvalue weighted by molar-refractivity contribution is 7.10. The average molecular weight is 496 g/mol. The highest BCUT2D eigenvalue weighted by atomic mass is 32.1. The molecule has 1 fully saturated rings. The number of para-hydroxylation sites is 1. The van der Waals surface area contributed by atoms with Crippen LogP contribution in [0.25, 0.3) is 0 Å². The number of hydrogen-bond donors (Lipinski definition) is 1. The minimum absolute atomic E-state index is 0.0823. The number of benzene rings is 2. The number of carbonyl (C=O) groups is 1. The molecule has 2 aromatic carbocycles. The predicted octanol–water partition coefficient (Wildman–Crippen LogP) is 4.46. The third-order valence-electron chi connectivity index (χ3n) is 6.42. The Labute approximate surface area is 211 Å². The summed E-state index contributed by atoms with van der Waals surface area (Å²) in [4.78, 5) is 19.4. The summed E-state index contributed by atoms with van der Waals surface area (Å²) < 4.78 is 16.2. The summed E-state index contributed by atoms with van der Waals surface area (Å²) in [6.45, 7) is 5.80. The van der Waals surface area contributed by atoms with E-state index < -0.39 is 0 Å². The molecule has 1 saturated heterocycles. The summed E-state index contributed by atoms with van der Waals surface area (Å²) >= 11 is 1.73. The van der Waals surface area contributed by atoms with Gasteiger partial charge in [0.25, 0.3) is 5.91 Å². The minimum Gasteiger partial charge on any atom is -0.493 e. The maximum atomic E-state index is 13.3. The molecule has 2 atom stereocenters. The summed E-state index contributed by atoms with van der Waals surface area (Å²) in [6.07, 6.45) is 0. The zero-order valence-corrected chi connectivity index (χ0v) is 21.5. The molecule has 7 nitrogen and oxygen atoms in total. The topological polar surface area (TPSA) is 63.3 Å². The Morgan fingerprint density at radius 2 is 1.57 bits per heavy atom. The zero-order valence-electron chi connectivity index (χ0n) is 20.7. The van der Waals surface area contributed by atoms with Gasteiger partial charge in [0.1, 0.15) is 0 Å². The van der Waals surface area contributed by atoms with Gasteiger partial charge in [-0.2, -0.15) is 0 Å². The van der Waals surface area contributed by atoms with Crippen LogP contribution >= 0.6 is 11.3 Å². The molecule has 0 aliphatic carbocycles. The molecule has 0 radical (unpaired) electrons. The van der Waals surface area contributed by atoms with Crippen molar-refractivity contribution in [2.75, 3.05) is 52.4 Å². The van der Waals surface area contributed by atoms with Gasteiger partial charge in [0, 0.05) is 48.3 Å². The Morgan fingerprint density at radius 3 is 2.11 bits per heavy atom. The highest BCUT2D eigenvalue weighted by Crippen LogP contribution is 2.38. The van der Waals surface area contributed by atoms with E-state index in [0.29, 0.717) is 22.8 Å². The number of thiophene rings is 1. The maximum absolute atomic E-state index is 13.3. The smallest absolute Gasteiger partial charge is 0.251 e. The van der Waals surface area contributed by atoms with Crippen molar-refractivity contribution >= 4 is 22.9 Å². The number of ether oxygens (including phenoxy) is 3. The number of piperazine rings is 1. The van der Waals surface area contributed by atoms with Crippen LogP contribution in [0.5, 0.6) is 17.2 Å². The first-order chi connectivity index (χ1) is 17.0. The Balaban J connectivity index is 1.50. The van der Waals surface area contributed by atoms with Gasteiger partial charge in [-0.25, -0.2) is 0 Å². The van der Waals surface area contributed by atoms with Crippen LogP contribution < -0.4 is 24.4 Å². The van der Waals surface area contributed by atoms with Crippen LogP contribution in [-0.4, -0.2) is 64.4 Å². The molecule has 0 bridgehead atoms. The first kappa shape index (κ1) is 24.9. The number of nitrogens with one attached hydrogen (secondary N) is 1. The van der Waals surface area contributed by atoms with E-state index in [1.807, 2.05) is 6.07 Å². The third kappa shape index (κ3) is 5.55. The second-order valence-corrected chi connectivity index (χ2v) is 9.47. The van der Waals surface area contributed by atoms with E-state index in [1.54, 1.807) is 44.8 Å². The SMILES string of the molecule is COc1cc(C(=O)NC(C)C(c2cccs2)N2CCN(c3ccccc3)CC2)cc(OC)c1OC. The van der Waals surface area contributed by atoms with Crippen LogP contribution in [0.3, 0.4) is 0 Å². The van der Waals surface area contributed by atoms with Crippen molar-refractivity contribution in [3.8, 4) is 17.2 Å². The highest BCUT2D eigenvalue weighted by Gasteiger charge is 2.31. The molecule has 8 heteroatoms. The summed E-state index contributed by atoms with van der Waals surface area (Å²) in [7, 11) is 4.64. The third-order valence-corrected chi connectivity index (χ3v) is 7.37. The maximum Gasteiger partial charge on any atom is 0.251 e. The second-order valence-electron chi connectivity index (χ2n) is 8.49. The quantitative estimate of drug-likeness (QED) is 0.473. The van der Waals surface area contributed by atoms with Gasteiger partial charge in [0.15, 0.2) is 11.5 Å². The predicted molar refractivity (Wildman–Crippen MR) is 140 cm³/mol. The molecule has 0 saturated carbocycles. The van der Waals surface area contributed by atoms with Crippen molar-refractivity contribution in [1.29, 1.82) is 0 Å². The van der Waals surface area contributed by atoms with Gasteiger partial charge in [-0.15, -0.1) is 11.3 Å². The molecule has 2 heterocycles. The molecule has 1 aliphatic heterocycles. The van der Waals surface area contributed by atoms with E-state index in [2.05, 4.69) is 63.8 Å². The summed E-state index contributed by atoms with van der Waals surface area (Å²) in [6, 6.07) is 18.1. The Hall–Kier alpha value is -3.23. The van der Waals surface area contributed by atoms with Crippen LogP contribution in [0.4, 0.5) is 5.69 Å². The van der Waals surface area contributed by atoms with Crippen LogP contribution in [-0.2, 0) is 0 Å². The Bertz CT molecular complexity index is 1070. The monoisotopic (exact) mass is 495 g/mol. The standard InChI is InChI=1S/C27H33N3O4S/c1-19(28-27(31)20-17-22(32-2)26(34-4)23(18-20)33-3)25(24-11-8-16-35-24)30-14-12-29(13-15-30)21-9-6-5-7-10-21/h5-11,16-19,25H,12-15H2,1-4H3,(H,28,31). The lowest BCUT2D eigenvalue weighted by molar-refractivity contribution is 0.0890. The van der Waals surface area contributed by atoms with E-state index in [9.17, 15) is 4.79 Å². The van der Waals surface area contributed by atoms with Crippen molar-refractivity contribution in [2.45, 2.75) is 19.0 Å². The fourth-order valence-electron chi connectivity index (χ4n) is 4.68. The van der Waals surface area contributed by atoms with Crippen molar-refractivity contribution < 1.29 is 19.0 Å². The van der Waals surface area contributed by atoms with Crippen molar-refractivity contribution in [1.82, 2.24) is 10.2 Å². The Kier molecular flexibility index (Phi) is 8.15. The zero-order chi connectivity index (χ0) is 24.8. The van der Waals surface area contributed by atoms with Gasteiger partial charge in [0.2, 0.25) is 5.75 Å². The average Bonchev–Trinajstić information content (AvgIpc) is 3.43. The molecule has 35 heavy (non-hydrogen) atoms. The molecule has 186 valence electrons.